The van der Waals surface area contributed by atoms with Crippen LogP contribution in [-0.2, 0) is 19.4 Å². The molecule has 2 aromatic rings. The number of nitrogens with two attached hydrogens (primary N) is 1. The molecule has 1 aliphatic carbocycles. The van der Waals surface area contributed by atoms with Crippen molar-refractivity contribution in [3.05, 3.63) is 58.9 Å². The van der Waals surface area contributed by atoms with Crippen LogP contribution in [0.5, 0.6) is 0 Å². The molecule has 98 valence electrons. The highest BCUT2D eigenvalue weighted by molar-refractivity contribution is 5.69. The van der Waals surface area contributed by atoms with Gasteiger partial charge in [0.05, 0.1) is 0 Å². The molecule has 0 aromatic heterocycles. The molecule has 0 saturated heterocycles. The second kappa shape index (κ2) is 5.14. The van der Waals surface area contributed by atoms with Crippen molar-refractivity contribution in [2.24, 2.45) is 5.73 Å². The van der Waals surface area contributed by atoms with Gasteiger partial charge in [-0.3, -0.25) is 0 Å². The number of rotatable bonds is 2. The molecular weight excluding hydrogens is 237 g/mol. The molecule has 2 N–H and O–H groups in total. The van der Waals surface area contributed by atoms with Gasteiger partial charge in [0.15, 0.2) is 0 Å². The van der Waals surface area contributed by atoms with E-state index in [-0.39, 0.29) is 5.82 Å². The summed E-state index contributed by atoms with van der Waals surface area (Å²) < 4.78 is 13.5. The molecule has 0 amide bonds. The summed E-state index contributed by atoms with van der Waals surface area (Å²) in [5.74, 6) is -0.204. The van der Waals surface area contributed by atoms with Crippen molar-refractivity contribution in [1.29, 1.82) is 0 Å². The highest BCUT2D eigenvalue weighted by atomic mass is 19.1. The molecule has 1 aliphatic rings. The summed E-state index contributed by atoms with van der Waals surface area (Å²) in [6.45, 7) is 0.437. The Hall–Kier alpha value is -1.67. The lowest BCUT2D eigenvalue weighted by molar-refractivity contribution is 0.627. The van der Waals surface area contributed by atoms with Gasteiger partial charge in [-0.1, -0.05) is 24.3 Å². The molecule has 2 aromatic carbocycles. The summed E-state index contributed by atoms with van der Waals surface area (Å²) >= 11 is 0. The molecule has 0 bridgehead atoms. The first-order valence-corrected chi connectivity index (χ1v) is 6.88. The van der Waals surface area contributed by atoms with Crippen molar-refractivity contribution < 1.29 is 4.39 Å². The Labute approximate surface area is 113 Å². The number of fused-ring (bicyclic) bond motifs is 1. The number of aryl methyl sites for hydroxylation is 2. The van der Waals surface area contributed by atoms with Gasteiger partial charge in [0.2, 0.25) is 0 Å². The van der Waals surface area contributed by atoms with Crippen LogP contribution in [0.25, 0.3) is 11.1 Å². The van der Waals surface area contributed by atoms with Crippen molar-refractivity contribution in [2.45, 2.75) is 32.2 Å². The Morgan fingerprint density at radius 1 is 0.947 bits per heavy atom. The molecule has 2 heteroatoms. The Kier molecular flexibility index (Phi) is 3.34. The summed E-state index contributed by atoms with van der Waals surface area (Å²) in [4.78, 5) is 0. The summed E-state index contributed by atoms with van der Waals surface area (Å²) in [5, 5.41) is 0. The van der Waals surface area contributed by atoms with Gasteiger partial charge in [0.1, 0.15) is 5.82 Å². The SMILES string of the molecule is NCc1ccc(F)cc1-c1ccc2c(c1)CCCC2. The maximum Gasteiger partial charge on any atom is 0.123 e. The van der Waals surface area contributed by atoms with Gasteiger partial charge in [0.25, 0.3) is 0 Å². The van der Waals surface area contributed by atoms with Crippen LogP contribution in [0.2, 0.25) is 0 Å². The summed E-state index contributed by atoms with van der Waals surface area (Å²) in [6, 6.07) is 11.3. The molecule has 0 atom stereocenters. The molecule has 3 rings (SSSR count). The van der Waals surface area contributed by atoms with Crippen LogP contribution in [0, 0.1) is 5.82 Å². The van der Waals surface area contributed by atoms with E-state index < -0.39 is 0 Å². The molecule has 0 spiro atoms. The first-order valence-electron chi connectivity index (χ1n) is 6.88. The topological polar surface area (TPSA) is 26.0 Å². The number of hydrogen-bond donors (Lipinski definition) is 1. The van der Waals surface area contributed by atoms with Gasteiger partial charge in [-0.25, -0.2) is 4.39 Å². The molecule has 0 saturated carbocycles. The number of hydrogen-bond acceptors (Lipinski definition) is 1. The summed E-state index contributed by atoms with van der Waals surface area (Å²) in [6.07, 6.45) is 4.84. The lowest BCUT2D eigenvalue weighted by Gasteiger charge is -2.17. The van der Waals surface area contributed by atoms with E-state index in [1.807, 2.05) is 0 Å². The van der Waals surface area contributed by atoms with E-state index in [1.165, 1.54) is 36.5 Å². The van der Waals surface area contributed by atoms with Crippen LogP contribution < -0.4 is 5.73 Å². The van der Waals surface area contributed by atoms with Crippen LogP contribution >= 0.6 is 0 Å². The zero-order chi connectivity index (χ0) is 13.2. The number of benzene rings is 2. The standard InChI is InChI=1S/C17H18FN/c18-16-8-7-15(11-19)17(10-16)14-6-5-12-3-1-2-4-13(12)9-14/h5-10H,1-4,11,19H2. The van der Waals surface area contributed by atoms with Crippen molar-refractivity contribution in [1.82, 2.24) is 0 Å². The van der Waals surface area contributed by atoms with E-state index in [0.717, 1.165) is 23.1 Å². The Morgan fingerprint density at radius 3 is 2.53 bits per heavy atom. The van der Waals surface area contributed by atoms with Crippen LogP contribution in [0.15, 0.2) is 36.4 Å². The first kappa shape index (κ1) is 12.4. The fraction of sp³-hybridized carbons (Fsp3) is 0.294. The van der Waals surface area contributed by atoms with Gasteiger partial charge in [-0.2, -0.15) is 0 Å². The van der Waals surface area contributed by atoms with E-state index in [2.05, 4.69) is 18.2 Å². The van der Waals surface area contributed by atoms with Gasteiger partial charge >= 0.3 is 0 Å². The fourth-order valence-electron chi connectivity index (χ4n) is 2.90. The third-order valence-electron chi connectivity index (χ3n) is 3.95. The van der Waals surface area contributed by atoms with E-state index in [1.54, 1.807) is 12.1 Å². The smallest absolute Gasteiger partial charge is 0.123 e. The Balaban J connectivity index is 2.09. The quantitative estimate of drug-likeness (QED) is 0.867. The van der Waals surface area contributed by atoms with Gasteiger partial charge in [0, 0.05) is 6.54 Å². The van der Waals surface area contributed by atoms with E-state index in [4.69, 9.17) is 5.73 Å². The molecular formula is C17H18FN. The fourth-order valence-corrected chi connectivity index (χ4v) is 2.90. The molecule has 0 unspecified atom stereocenters. The lowest BCUT2D eigenvalue weighted by atomic mass is 9.88. The summed E-state index contributed by atoms with van der Waals surface area (Å²) in [5.41, 5.74) is 11.6. The van der Waals surface area contributed by atoms with E-state index >= 15 is 0 Å². The van der Waals surface area contributed by atoms with Crippen molar-refractivity contribution in [3.63, 3.8) is 0 Å². The number of halogens is 1. The van der Waals surface area contributed by atoms with Crippen LogP contribution in [0.1, 0.15) is 29.5 Å². The summed E-state index contributed by atoms with van der Waals surface area (Å²) in [7, 11) is 0. The predicted octanol–water partition coefficient (Wildman–Crippen LogP) is 3.83. The van der Waals surface area contributed by atoms with Gasteiger partial charge < -0.3 is 5.73 Å². The van der Waals surface area contributed by atoms with Crippen molar-refractivity contribution >= 4 is 0 Å². The van der Waals surface area contributed by atoms with Crippen molar-refractivity contribution in [2.75, 3.05) is 0 Å². The zero-order valence-electron chi connectivity index (χ0n) is 11.0. The van der Waals surface area contributed by atoms with Crippen LogP contribution in [0.3, 0.4) is 0 Å². The zero-order valence-corrected chi connectivity index (χ0v) is 11.0. The van der Waals surface area contributed by atoms with Crippen LogP contribution in [-0.4, -0.2) is 0 Å². The average molecular weight is 255 g/mol. The first-order chi connectivity index (χ1) is 9.28. The average Bonchev–Trinajstić information content (AvgIpc) is 2.46. The normalized spacial score (nSPS) is 14.2. The Morgan fingerprint density at radius 2 is 1.74 bits per heavy atom. The minimum Gasteiger partial charge on any atom is -0.326 e. The highest BCUT2D eigenvalue weighted by Crippen LogP contribution is 2.29. The predicted molar refractivity (Wildman–Crippen MR) is 76.4 cm³/mol. The molecule has 0 heterocycles. The third kappa shape index (κ3) is 2.41. The van der Waals surface area contributed by atoms with Gasteiger partial charge in [-0.05, 0) is 65.6 Å². The van der Waals surface area contributed by atoms with Crippen LogP contribution in [0.4, 0.5) is 4.39 Å². The minimum absolute atomic E-state index is 0.204. The van der Waals surface area contributed by atoms with E-state index in [9.17, 15) is 4.39 Å². The maximum atomic E-state index is 13.5. The van der Waals surface area contributed by atoms with E-state index in [0.29, 0.717) is 6.54 Å². The second-order valence-corrected chi connectivity index (χ2v) is 5.20. The largest absolute Gasteiger partial charge is 0.326 e. The minimum atomic E-state index is -0.204. The molecule has 0 fully saturated rings. The molecule has 0 radical (unpaired) electrons. The monoisotopic (exact) mass is 255 g/mol. The molecule has 0 aliphatic heterocycles. The molecule has 1 nitrogen and oxygen atoms in total. The third-order valence-corrected chi connectivity index (χ3v) is 3.95. The second-order valence-electron chi connectivity index (χ2n) is 5.20. The van der Waals surface area contributed by atoms with Crippen molar-refractivity contribution in [3.8, 4) is 11.1 Å². The Bertz CT molecular complexity index is 604. The highest BCUT2D eigenvalue weighted by Gasteiger charge is 2.12. The maximum absolute atomic E-state index is 13.5. The lowest BCUT2D eigenvalue weighted by Crippen LogP contribution is -2.03. The molecule has 19 heavy (non-hydrogen) atoms. The van der Waals surface area contributed by atoms with Gasteiger partial charge in [-0.15, -0.1) is 0 Å².